The Morgan fingerprint density at radius 2 is 1.87 bits per heavy atom. The van der Waals surface area contributed by atoms with E-state index in [2.05, 4.69) is 5.32 Å². The zero-order valence-electron chi connectivity index (χ0n) is 17.5. The summed E-state index contributed by atoms with van der Waals surface area (Å²) in [5.41, 5.74) is 3.62. The Bertz CT molecular complexity index is 1100. The summed E-state index contributed by atoms with van der Waals surface area (Å²) >= 11 is 1.65. The molecule has 0 aromatic heterocycles. The standard InChI is InChI=1S/C25H24N2O3S/c1-17-6-5-7-19(14-17)26-24(28)16-27-21-8-3-4-9-22(21)31-23(15-25(27)29)18-10-12-20(30-2)13-11-18/h3-14,23H,15-16H2,1-2H3,(H,26,28)/t23-/m0/s1. The van der Waals surface area contributed by atoms with Gasteiger partial charge in [0.25, 0.3) is 0 Å². The van der Waals surface area contributed by atoms with Gasteiger partial charge in [0.1, 0.15) is 12.3 Å². The summed E-state index contributed by atoms with van der Waals surface area (Å²) in [6, 6.07) is 23.2. The number of hydrogen-bond acceptors (Lipinski definition) is 4. The maximum Gasteiger partial charge on any atom is 0.244 e. The van der Waals surface area contributed by atoms with Gasteiger partial charge in [0.05, 0.1) is 12.8 Å². The lowest BCUT2D eigenvalue weighted by Gasteiger charge is -2.22. The topological polar surface area (TPSA) is 58.6 Å². The molecule has 2 amide bonds. The van der Waals surface area contributed by atoms with Gasteiger partial charge < -0.3 is 15.0 Å². The van der Waals surface area contributed by atoms with E-state index in [1.165, 1.54) is 0 Å². The second-order valence-electron chi connectivity index (χ2n) is 7.45. The van der Waals surface area contributed by atoms with E-state index in [-0.39, 0.29) is 23.6 Å². The Kier molecular flexibility index (Phi) is 6.28. The molecule has 6 heteroatoms. The van der Waals surface area contributed by atoms with Gasteiger partial charge in [-0.05, 0) is 54.4 Å². The number of nitrogens with one attached hydrogen (secondary N) is 1. The van der Waals surface area contributed by atoms with Crippen LogP contribution in [0, 0.1) is 6.92 Å². The number of hydrogen-bond donors (Lipinski definition) is 1. The van der Waals surface area contributed by atoms with Crippen molar-refractivity contribution in [2.75, 3.05) is 23.9 Å². The van der Waals surface area contributed by atoms with E-state index in [0.29, 0.717) is 6.42 Å². The molecule has 1 aliphatic heterocycles. The third kappa shape index (κ3) is 4.91. The van der Waals surface area contributed by atoms with E-state index in [0.717, 1.165) is 33.1 Å². The van der Waals surface area contributed by atoms with Crippen LogP contribution < -0.4 is 15.0 Å². The fourth-order valence-electron chi connectivity index (χ4n) is 3.62. The number of carbonyl (C=O) groups is 2. The number of ether oxygens (including phenoxy) is 1. The third-order valence-corrected chi connectivity index (χ3v) is 6.50. The molecule has 0 saturated carbocycles. The summed E-state index contributed by atoms with van der Waals surface area (Å²) in [5, 5.41) is 2.87. The summed E-state index contributed by atoms with van der Waals surface area (Å²) in [4.78, 5) is 28.6. The van der Waals surface area contributed by atoms with Crippen molar-refractivity contribution in [2.45, 2.75) is 23.5 Å². The number of anilines is 2. The molecule has 5 nitrogen and oxygen atoms in total. The molecule has 3 aromatic rings. The van der Waals surface area contributed by atoms with Gasteiger partial charge in [-0.15, -0.1) is 11.8 Å². The van der Waals surface area contributed by atoms with Gasteiger partial charge in [-0.3, -0.25) is 9.59 Å². The van der Waals surface area contributed by atoms with Crippen molar-refractivity contribution in [1.29, 1.82) is 0 Å². The van der Waals surface area contributed by atoms with Crippen LogP contribution >= 0.6 is 11.8 Å². The predicted octanol–water partition coefficient (Wildman–Crippen LogP) is 5.21. The Hall–Kier alpha value is -3.25. The van der Waals surface area contributed by atoms with Crippen LogP contribution in [0.3, 0.4) is 0 Å². The van der Waals surface area contributed by atoms with Crippen LogP contribution in [0.4, 0.5) is 11.4 Å². The molecule has 0 spiro atoms. The molecule has 0 bridgehead atoms. The van der Waals surface area contributed by atoms with E-state index in [9.17, 15) is 9.59 Å². The summed E-state index contributed by atoms with van der Waals surface area (Å²) in [7, 11) is 1.63. The average molecular weight is 433 g/mol. The zero-order valence-corrected chi connectivity index (χ0v) is 18.3. The van der Waals surface area contributed by atoms with E-state index in [1.54, 1.807) is 23.8 Å². The van der Waals surface area contributed by atoms with Gasteiger partial charge in [-0.1, -0.05) is 36.4 Å². The van der Waals surface area contributed by atoms with E-state index >= 15 is 0 Å². The molecule has 0 fully saturated rings. The van der Waals surface area contributed by atoms with Crippen molar-refractivity contribution in [3.05, 3.63) is 83.9 Å². The lowest BCUT2D eigenvalue weighted by Crippen LogP contribution is -2.38. The Morgan fingerprint density at radius 3 is 2.61 bits per heavy atom. The average Bonchev–Trinajstić information content (AvgIpc) is 2.90. The maximum absolute atomic E-state index is 13.2. The highest BCUT2D eigenvalue weighted by atomic mass is 32.2. The molecule has 1 N–H and O–H groups in total. The molecule has 3 aromatic carbocycles. The molecule has 0 radical (unpaired) electrons. The van der Waals surface area contributed by atoms with Crippen LogP contribution in [0.1, 0.15) is 22.8 Å². The smallest absolute Gasteiger partial charge is 0.244 e. The van der Waals surface area contributed by atoms with Crippen molar-refractivity contribution in [3.63, 3.8) is 0 Å². The summed E-state index contributed by atoms with van der Waals surface area (Å²) < 4.78 is 5.25. The monoisotopic (exact) mass is 432 g/mol. The van der Waals surface area contributed by atoms with Crippen LogP contribution in [-0.4, -0.2) is 25.5 Å². The Morgan fingerprint density at radius 1 is 1.10 bits per heavy atom. The number of thioether (sulfide) groups is 1. The van der Waals surface area contributed by atoms with Crippen molar-refractivity contribution < 1.29 is 14.3 Å². The summed E-state index contributed by atoms with van der Waals surface area (Å²) in [5.74, 6) is 0.489. The van der Waals surface area contributed by atoms with Crippen molar-refractivity contribution in [1.82, 2.24) is 0 Å². The summed E-state index contributed by atoms with van der Waals surface area (Å²) in [6.07, 6.45) is 0.309. The van der Waals surface area contributed by atoms with Crippen molar-refractivity contribution in [2.24, 2.45) is 0 Å². The number of para-hydroxylation sites is 1. The number of methoxy groups -OCH3 is 1. The molecule has 1 atom stereocenters. The Labute approximate surface area is 186 Å². The van der Waals surface area contributed by atoms with Crippen molar-refractivity contribution in [3.8, 4) is 5.75 Å². The fraction of sp³-hybridized carbons (Fsp3) is 0.200. The van der Waals surface area contributed by atoms with Crippen LogP contribution in [-0.2, 0) is 9.59 Å². The minimum absolute atomic E-state index is 0.0281. The highest BCUT2D eigenvalue weighted by Gasteiger charge is 2.30. The molecule has 0 unspecified atom stereocenters. The lowest BCUT2D eigenvalue weighted by molar-refractivity contribution is -0.121. The highest BCUT2D eigenvalue weighted by Crippen LogP contribution is 2.45. The first-order chi connectivity index (χ1) is 15.0. The third-order valence-electron chi connectivity index (χ3n) is 5.18. The van der Waals surface area contributed by atoms with Gasteiger partial charge in [0, 0.05) is 22.3 Å². The number of carbonyl (C=O) groups excluding carboxylic acids is 2. The largest absolute Gasteiger partial charge is 0.497 e. The lowest BCUT2D eigenvalue weighted by atomic mass is 10.1. The molecule has 158 valence electrons. The number of amides is 2. The first kappa shape index (κ1) is 21.0. The van der Waals surface area contributed by atoms with Gasteiger partial charge in [-0.2, -0.15) is 0 Å². The zero-order chi connectivity index (χ0) is 21.8. The van der Waals surface area contributed by atoms with Gasteiger partial charge in [0.15, 0.2) is 0 Å². The van der Waals surface area contributed by atoms with Crippen LogP contribution in [0.15, 0.2) is 77.7 Å². The molecule has 1 heterocycles. The normalized spacial score (nSPS) is 15.7. The van der Waals surface area contributed by atoms with E-state index in [4.69, 9.17) is 4.74 Å². The molecular formula is C25H24N2O3S. The number of fused-ring (bicyclic) bond motifs is 1. The molecule has 0 saturated heterocycles. The second-order valence-corrected chi connectivity index (χ2v) is 8.69. The highest BCUT2D eigenvalue weighted by molar-refractivity contribution is 7.99. The molecule has 0 aliphatic carbocycles. The summed E-state index contributed by atoms with van der Waals surface area (Å²) in [6.45, 7) is 1.94. The van der Waals surface area contributed by atoms with Gasteiger partial charge >= 0.3 is 0 Å². The number of aryl methyl sites for hydroxylation is 1. The van der Waals surface area contributed by atoms with Crippen molar-refractivity contribution >= 4 is 35.0 Å². The molecule has 1 aliphatic rings. The Balaban J connectivity index is 1.57. The number of benzene rings is 3. The first-order valence-corrected chi connectivity index (χ1v) is 11.0. The minimum Gasteiger partial charge on any atom is -0.497 e. The van der Waals surface area contributed by atoms with Gasteiger partial charge in [-0.25, -0.2) is 0 Å². The predicted molar refractivity (Wildman–Crippen MR) is 125 cm³/mol. The minimum atomic E-state index is -0.221. The van der Waals surface area contributed by atoms with Crippen LogP contribution in [0.5, 0.6) is 5.75 Å². The van der Waals surface area contributed by atoms with Crippen LogP contribution in [0.2, 0.25) is 0 Å². The second kappa shape index (κ2) is 9.27. The fourth-order valence-corrected chi connectivity index (χ4v) is 4.90. The maximum atomic E-state index is 13.2. The van der Waals surface area contributed by atoms with Gasteiger partial charge in [0.2, 0.25) is 11.8 Å². The van der Waals surface area contributed by atoms with E-state index in [1.807, 2.05) is 79.7 Å². The SMILES string of the molecule is COc1ccc([C@@H]2CC(=O)N(CC(=O)Nc3cccc(C)c3)c3ccccc3S2)cc1. The van der Waals surface area contributed by atoms with E-state index < -0.39 is 0 Å². The molecule has 4 rings (SSSR count). The number of rotatable bonds is 5. The number of nitrogens with zero attached hydrogens (tertiary/aromatic N) is 1. The van der Waals surface area contributed by atoms with Crippen LogP contribution in [0.25, 0.3) is 0 Å². The quantitative estimate of drug-likeness (QED) is 0.601. The first-order valence-electron chi connectivity index (χ1n) is 10.1. The molecule has 31 heavy (non-hydrogen) atoms. The molecular weight excluding hydrogens is 408 g/mol.